The van der Waals surface area contributed by atoms with Gasteiger partial charge in [-0.1, -0.05) is 0 Å². The average molecular weight is 211 g/mol. The molecular formula is C10H17N3O2. The first-order valence-corrected chi connectivity index (χ1v) is 4.92. The predicted octanol–water partition coefficient (Wildman–Crippen LogP) is 0.860. The van der Waals surface area contributed by atoms with Gasteiger partial charge in [-0.15, -0.1) is 0 Å². The molecule has 0 saturated heterocycles. The van der Waals surface area contributed by atoms with E-state index in [-0.39, 0.29) is 0 Å². The highest BCUT2D eigenvalue weighted by Crippen LogP contribution is 1.97. The van der Waals surface area contributed by atoms with Crippen LogP contribution in [-0.2, 0) is 9.47 Å². The molecule has 0 aromatic carbocycles. The maximum absolute atomic E-state index is 5.28. The second-order valence-electron chi connectivity index (χ2n) is 3.12. The molecule has 1 heterocycles. The molecule has 5 nitrogen and oxygen atoms in total. The van der Waals surface area contributed by atoms with Crippen molar-refractivity contribution >= 4 is 5.95 Å². The van der Waals surface area contributed by atoms with Gasteiger partial charge in [-0.3, -0.25) is 0 Å². The zero-order valence-corrected chi connectivity index (χ0v) is 9.19. The van der Waals surface area contributed by atoms with Gasteiger partial charge in [-0.05, 0) is 12.5 Å². The molecule has 1 aromatic heterocycles. The number of nitrogens with zero attached hydrogens (tertiary/aromatic N) is 2. The Morgan fingerprint density at radius 1 is 1.20 bits per heavy atom. The molecule has 0 aliphatic carbocycles. The number of nitrogens with one attached hydrogen (secondary N) is 1. The molecule has 0 fully saturated rings. The number of aromatic nitrogens is 2. The summed E-state index contributed by atoms with van der Waals surface area (Å²) in [6, 6.07) is 0. The van der Waals surface area contributed by atoms with E-state index in [1.807, 2.05) is 6.92 Å². The summed E-state index contributed by atoms with van der Waals surface area (Å²) in [5.41, 5.74) is 1.05. The predicted molar refractivity (Wildman–Crippen MR) is 58.0 cm³/mol. The molecule has 84 valence electrons. The molecule has 0 radical (unpaired) electrons. The summed E-state index contributed by atoms with van der Waals surface area (Å²) in [6.45, 7) is 4.53. The molecule has 0 bridgehead atoms. The number of aryl methyl sites for hydroxylation is 1. The molecule has 1 aromatic rings. The van der Waals surface area contributed by atoms with Crippen LogP contribution in [0.2, 0.25) is 0 Å². The molecule has 0 aliphatic rings. The minimum absolute atomic E-state index is 0.618. The highest BCUT2D eigenvalue weighted by Gasteiger charge is 1.93. The van der Waals surface area contributed by atoms with Gasteiger partial charge in [0.1, 0.15) is 0 Å². The van der Waals surface area contributed by atoms with Crippen LogP contribution < -0.4 is 5.32 Å². The Labute approximate surface area is 89.8 Å². The molecule has 0 spiro atoms. The van der Waals surface area contributed by atoms with Crippen LogP contribution in [0.5, 0.6) is 0 Å². The van der Waals surface area contributed by atoms with E-state index >= 15 is 0 Å². The molecule has 15 heavy (non-hydrogen) atoms. The van der Waals surface area contributed by atoms with E-state index in [0.717, 1.165) is 5.56 Å². The zero-order chi connectivity index (χ0) is 10.9. The summed E-state index contributed by atoms with van der Waals surface area (Å²) in [7, 11) is 1.65. The Balaban J connectivity index is 2.07. The molecule has 0 aliphatic heterocycles. The third-order valence-electron chi connectivity index (χ3n) is 1.74. The standard InChI is InChI=1S/C10H17N3O2/c1-9-7-12-10(13-8-9)11-3-4-15-6-5-14-2/h7-8H,3-6H2,1-2H3,(H,11,12,13). The Kier molecular flexibility index (Phi) is 5.65. The van der Waals surface area contributed by atoms with Crippen molar-refractivity contribution in [3.8, 4) is 0 Å². The van der Waals surface area contributed by atoms with Crippen LogP contribution in [0.3, 0.4) is 0 Å². The lowest BCUT2D eigenvalue weighted by atomic mass is 10.4. The first-order chi connectivity index (χ1) is 7.33. The summed E-state index contributed by atoms with van der Waals surface area (Å²) in [5.74, 6) is 0.635. The van der Waals surface area contributed by atoms with Gasteiger partial charge >= 0.3 is 0 Å². The fraction of sp³-hybridized carbons (Fsp3) is 0.600. The molecule has 0 saturated carbocycles. The molecule has 0 unspecified atom stereocenters. The van der Waals surface area contributed by atoms with Gasteiger partial charge < -0.3 is 14.8 Å². The van der Waals surface area contributed by atoms with Gasteiger partial charge in [0.25, 0.3) is 0 Å². The zero-order valence-electron chi connectivity index (χ0n) is 9.19. The molecular weight excluding hydrogens is 194 g/mol. The molecule has 5 heteroatoms. The van der Waals surface area contributed by atoms with Gasteiger partial charge in [-0.25, -0.2) is 9.97 Å². The number of hydrogen-bond donors (Lipinski definition) is 1. The number of rotatable bonds is 7. The van der Waals surface area contributed by atoms with Crippen molar-refractivity contribution in [2.45, 2.75) is 6.92 Å². The second-order valence-corrected chi connectivity index (χ2v) is 3.12. The molecule has 1 rings (SSSR count). The number of anilines is 1. The van der Waals surface area contributed by atoms with Crippen LogP contribution in [0.15, 0.2) is 12.4 Å². The van der Waals surface area contributed by atoms with Crippen molar-refractivity contribution in [2.75, 3.05) is 38.8 Å². The lowest BCUT2D eigenvalue weighted by Gasteiger charge is -2.05. The summed E-state index contributed by atoms with van der Waals surface area (Å²) in [4.78, 5) is 8.22. The topological polar surface area (TPSA) is 56.3 Å². The Morgan fingerprint density at radius 3 is 2.60 bits per heavy atom. The lowest BCUT2D eigenvalue weighted by molar-refractivity contribution is 0.0759. The van der Waals surface area contributed by atoms with Crippen molar-refractivity contribution in [1.29, 1.82) is 0 Å². The van der Waals surface area contributed by atoms with E-state index in [1.165, 1.54) is 0 Å². The van der Waals surface area contributed by atoms with Crippen molar-refractivity contribution in [1.82, 2.24) is 9.97 Å². The van der Waals surface area contributed by atoms with Crippen molar-refractivity contribution < 1.29 is 9.47 Å². The first kappa shape index (κ1) is 11.9. The highest BCUT2D eigenvalue weighted by molar-refractivity contribution is 5.23. The molecule has 0 amide bonds. The summed E-state index contributed by atoms with van der Waals surface area (Å²) in [6.07, 6.45) is 3.56. The van der Waals surface area contributed by atoms with E-state index in [0.29, 0.717) is 32.3 Å². The van der Waals surface area contributed by atoms with E-state index in [4.69, 9.17) is 9.47 Å². The van der Waals surface area contributed by atoms with Gasteiger partial charge in [-0.2, -0.15) is 0 Å². The van der Waals surface area contributed by atoms with Crippen molar-refractivity contribution in [3.63, 3.8) is 0 Å². The van der Waals surface area contributed by atoms with Crippen LogP contribution in [0.1, 0.15) is 5.56 Å². The number of methoxy groups -OCH3 is 1. The Bertz CT molecular complexity index is 264. The van der Waals surface area contributed by atoms with Crippen LogP contribution in [0.4, 0.5) is 5.95 Å². The average Bonchev–Trinajstić information content (AvgIpc) is 2.26. The summed E-state index contributed by atoms with van der Waals surface area (Å²) >= 11 is 0. The Hall–Kier alpha value is -1.20. The normalized spacial score (nSPS) is 10.3. The van der Waals surface area contributed by atoms with Gasteiger partial charge in [0.05, 0.1) is 19.8 Å². The summed E-state index contributed by atoms with van der Waals surface area (Å²) in [5, 5.41) is 3.06. The third kappa shape index (κ3) is 5.29. The largest absolute Gasteiger partial charge is 0.382 e. The van der Waals surface area contributed by atoms with Crippen LogP contribution in [0, 0.1) is 6.92 Å². The monoisotopic (exact) mass is 211 g/mol. The Morgan fingerprint density at radius 2 is 1.93 bits per heavy atom. The van der Waals surface area contributed by atoms with Crippen LogP contribution in [0.25, 0.3) is 0 Å². The second kappa shape index (κ2) is 7.14. The first-order valence-electron chi connectivity index (χ1n) is 4.92. The third-order valence-corrected chi connectivity index (χ3v) is 1.74. The molecule has 0 atom stereocenters. The quantitative estimate of drug-likeness (QED) is 0.678. The van der Waals surface area contributed by atoms with Gasteiger partial charge in [0, 0.05) is 26.0 Å². The fourth-order valence-electron chi connectivity index (χ4n) is 0.963. The van der Waals surface area contributed by atoms with E-state index in [2.05, 4.69) is 15.3 Å². The number of hydrogen-bond acceptors (Lipinski definition) is 5. The van der Waals surface area contributed by atoms with E-state index < -0.39 is 0 Å². The van der Waals surface area contributed by atoms with E-state index in [9.17, 15) is 0 Å². The van der Waals surface area contributed by atoms with Crippen LogP contribution >= 0.6 is 0 Å². The maximum Gasteiger partial charge on any atom is 0.222 e. The number of ether oxygens (including phenoxy) is 2. The lowest BCUT2D eigenvalue weighted by Crippen LogP contribution is -2.13. The van der Waals surface area contributed by atoms with Crippen molar-refractivity contribution in [2.24, 2.45) is 0 Å². The minimum atomic E-state index is 0.618. The summed E-state index contributed by atoms with van der Waals surface area (Å²) < 4.78 is 10.1. The SMILES string of the molecule is COCCOCCNc1ncc(C)cn1. The van der Waals surface area contributed by atoms with E-state index in [1.54, 1.807) is 19.5 Å². The van der Waals surface area contributed by atoms with Gasteiger partial charge in [0.15, 0.2) is 0 Å². The smallest absolute Gasteiger partial charge is 0.222 e. The minimum Gasteiger partial charge on any atom is -0.382 e. The van der Waals surface area contributed by atoms with Gasteiger partial charge in [0.2, 0.25) is 5.95 Å². The molecule has 1 N–H and O–H groups in total. The van der Waals surface area contributed by atoms with Crippen molar-refractivity contribution in [3.05, 3.63) is 18.0 Å². The van der Waals surface area contributed by atoms with Crippen LogP contribution in [-0.4, -0.2) is 43.4 Å². The maximum atomic E-state index is 5.28. The highest BCUT2D eigenvalue weighted by atomic mass is 16.5. The fourth-order valence-corrected chi connectivity index (χ4v) is 0.963.